The van der Waals surface area contributed by atoms with Crippen molar-refractivity contribution in [2.24, 2.45) is 0 Å². The number of benzene rings is 2. The highest BCUT2D eigenvalue weighted by Gasteiger charge is 2.27. The molecule has 3 aromatic heterocycles. The van der Waals surface area contributed by atoms with Crippen LogP contribution in [0.15, 0.2) is 76.7 Å². The second kappa shape index (κ2) is 11.5. The van der Waals surface area contributed by atoms with Crippen LogP contribution in [0.25, 0.3) is 16.9 Å². The molecule has 0 radical (unpaired) electrons. The molecule has 0 atom stereocenters. The maximum atomic E-state index is 12.6. The first-order valence-electron chi connectivity index (χ1n) is 12.7. The molecule has 39 heavy (non-hydrogen) atoms. The molecule has 0 bridgehead atoms. The first kappa shape index (κ1) is 25.4. The summed E-state index contributed by atoms with van der Waals surface area (Å²) in [6, 6.07) is 20.1. The van der Waals surface area contributed by atoms with Crippen LogP contribution in [0.2, 0.25) is 0 Å². The highest BCUT2D eigenvalue weighted by molar-refractivity contribution is 9.10. The molecule has 0 saturated carbocycles. The van der Waals surface area contributed by atoms with Crippen molar-refractivity contribution in [2.45, 2.75) is 31.9 Å². The number of piperidine rings is 1. The van der Waals surface area contributed by atoms with E-state index in [9.17, 15) is 4.79 Å². The van der Waals surface area contributed by atoms with E-state index in [1.165, 1.54) is 11.5 Å². The lowest BCUT2D eigenvalue weighted by atomic mass is 9.93. The molecule has 4 heterocycles. The van der Waals surface area contributed by atoms with E-state index in [0.29, 0.717) is 19.6 Å². The van der Waals surface area contributed by atoms with Crippen LogP contribution in [0.1, 0.15) is 35.6 Å². The summed E-state index contributed by atoms with van der Waals surface area (Å²) < 4.78 is 12.1. The molecule has 9 nitrogen and oxygen atoms in total. The Morgan fingerprint density at radius 3 is 2.62 bits per heavy atom. The van der Waals surface area contributed by atoms with Gasteiger partial charge in [0.1, 0.15) is 18.1 Å². The monoisotopic (exact) mass is 603 g/mol. The van der Waals surface area contributed by atoms with E-state index in [2.05, 4.69) is 66.3 Å². The van der Waals surface area contributed by atoms with E-state index in [0.717, 1.165) is 56.9 Å². The van der Waals surface area contributed by atoms with Gasteiger partial charge in [-0.2, -0.15) is 9.61 Å². The topological polar surface area (TPSA) is 97.5 Å². The van der Waals surface area contributed by atoms with Crippen LogP contribution in [0.5, 0.6) is 0 Å². The molecule has 1 saturated heterocycles. The first-order valence-corrected chi connectivity index (χ1v) is 14.4. The number of likely N-dealkylation sites (tertiary alicyclic amines) is 1. The normalized spacial score (nSPS) is 14.0. The van der Waals surface area contributed by atoms with Gasteiger partial charge in [0.2, 0.25) is 0 Å². The molecular weight excluding hydrogens is 578 g/mol. The fourth-order valence-corrected chi connectivity index (χ4v) is 5.55. The van der Waals surface area contributed by atoms with E-state index in [1.807, 2.05) is 40.2 Å². The van der Waals surface area contributed by atoms with Crippen LogP contribution in [0.4, 0.5) is 10.6 Å². The third-order valence-corrected chi connectivity index (χ3v) is 7.97. The predicted octanol–water partition coefficient (Wildman–Crippen LogP) is 6.14. The smallest absolute Gasteiger partial charge is 0.410 e. The number of hydrogen-bond acceptors (Lipinski definition) is 8. The largest absolute Gasteiger partial charge is 0.445 e. The number of halogens is 1. The highest BCUT2D eigenvalue weighted by Crippen LogP contribution is 2.31. The maximum absolute atomic E-state index is 12.6. The Morgan fingerprint density at radius 1 is 1.08 bits per heavy atom. The van der Waals surface area contributed by atoms with E-state index in [4.69, 9.17) is 9.72 Å². The van der Waals surface area contributed by atoms with Crippen molar-refractivity contribution in [3.63, 3.8) is 0 Å². The molecule has 1 aliphatic rings. The standard InChI is InChI=1S/C28H26BrN7O2S/c29-23-16-31-36-26(30-15-19-6-8-21(9-7-19)25-18-39-34-33-25)14-24(32-27(23)36)22-10-12-35(13-11-22)28(37)38-17-20-4-2-1-3-5-20/h1-9,14,16,18,22,30H,10-13,15,17H2. The Morgan fingerprint density at radius 2 is 1.87 bits per heavy atom. The zero-order chi connectivity index (χ0) is 26.6. The lowest BCUT2D eigenvalue weighted by Crippen LogP contribution is -2.38. The number of ether oxygens (including phenoxy) is 1. The van der Waals surface area contributed by atoms with Crippen molar-refractivity contribution in [3.8, 4) is 11.3 Å². The summed E-state index contributed by atoms with van der Waals surface area (Å²) >= 11 is 4.94. The van der Waals surface area contributed by atoms with Crippen LogP contribution in [-0.4, -0.2) is 48.3 Å². The van der Waals surface area contributed by atoms with E-state index in [1.54, 1.807) is 11.1 Å². The fraction of sp³-hybridized carbons (Fsp3) is 0.250. The van der Waals surface area contributed by atoms with Crippen LogP contribution in [0, 0.1) is 0 Å². The summed E-state index contributed by atoms with van der Waals surface area (Å²) in [6.45, 7) is 2.19. The molecule has 5 aromatic rings. The average molecular weight is 605 g/mol. The minimum atomic E-state index is -0.265. The summed E-state index contributed by atoms with van der Waals surface area (Å²) in [6.07, 6.45) is 3.14. The third-order valence-electron chi connectivity index (χ3n) is 6.91. The first-order chi connectivity index (χ1) is 19.1. The molecule has 0 unspecified atom stereocenters. The van der Waals surface area contributed by atoms with Crippen molar-refractivity contribution in [3.05, 3.63) is 93.5 Å². The molecule has 11 heteroatoms. The fourth-order valence-electron chi connectivity index (χ4n) is 4.73. The molecular formula is C28H26BrN7O2S. The number of aromatic nitrogens is 5. The van der Waals surface area contributed by atoms with Gasteiger partial charge in [-0.25, -0.2) is 9.78 Å². The summed E-state index contributed by atoms with van der Waals surface area (Å²) in [5.41, 5.74) is 5.82. The molecule has 1 fully saturated rings. The van der Waals surface area contributed by atoms with Crippen LogP contribution < -0.4 is 5.32 Å². The Kier molecular flexibility index (Phi) is 7.51. The summed E-state index contributed by atoms with van der Waals surface area (Å²) in [4.78, 5) is 19.3. The van der Waals surface area contributed by atoms with Gasteiger partial charge in [0.25, 0.3) is 0 Å². The maximum Gasteiger partial charge on any atom is 0.410 e. The van der Waals surface area contributed by atoms with Crippen molar-refractivity contribution in [1.82, 2.24) is 29.1 Å². The molecule has 0 aliphatic carbocycles. The predicted molar refractivity (Wildman–Crippen MR) is 154 cm³/mol. The Balaban J connectivity index is 1.11. The van der Waals surface area contributed by atoms with Crippen molar-refractivity contribution >= 4 is 45.0 Å². The van der Waals surface area contributed by atoms with Gasteiger partial charge in [0.05, 0.1) is 10.7 Å². The van der Waals surface area contributed by atoms with Gasteiger partial charge in [0.15, 0.2) is 5.65 Å². The summed E-state index contributed by atoms with van der Waals surface area (Å²) in [7, 11) is 0. The zero-order valence-corrected chi connectivity index (χ0v) is 23.4. The lowest BCUT2D eigenvalue weighted by molar-refractivity contribution is 0.0868. The molecule has 1 N–H and O–H groups in total. The second-order valence-electron chi connectivity index (χ2n) is 9.44. The van der Waals surface area contributed by atoms with Crippen LogP contribution >= 0.6 is 27.5 Å². The summed E-state index contributed by atoms with van der Waals surface area (Å²) in [5, 5.41) is 14.1. The summed E-state index contributed by atoms with van der Waals surface area (Å²) in [5.74, 6) is 1.11. The highest BCUT2D eigenvalue weighted by atomic mass is 79.9. The quantitative estimate of drug-likeness (QED) is 0.238. The number of rotatable bonds is 7. The van der Waals surface area contributed by atoms with Gasteiger partial charge in [-0.15, -0.1) is 5.10 Å². The van der Waals surface area contributed by atoms with Gasteiger partial charge in [0, 0.05) is 48.3 Å². The van der Waals surface area contributed by atoms with E-state index in [-0.39, 0.29) is 18.6 Å². The van der Waals surface area contributed by atoms with Crippen LogP contribution in [0.3, 0.4) is 0 Å². The van der Waals surface area contributed by atoms with Gasteiger partial charge in [-0.1, -0.05) is 59.1 Å². The molecule has 2 aromatic carbocycles. The Hall–Kier alpha value is -3.83. The van der Waals surface area contributed by atoms with E-state index < -0.39 is 0 Å². The number of anilines is 1. The molecule has 1 amide bonds. The van der Waals surface area contributed by atoms with Crippen molar-refractivity contribution in [1.29, 1.82) is 0 Å². The van der Waals surface area contributed by atoms with E-state index >= 15 is 0 Å². The minimum Gasteiger partial charge on any atom is -0.445 e. The molecule has 1 aliphatic heterocycles. The number of fused-ring (bicyclic) bond motifs is 1. The minimum absolute atomic E-state index is 0.238. The second-order valence-corrected chi connectivity index (χ2v) is 10.9. The number of nitrogens with one attached hydrogen (secondary N) is 1. The lowest BCUT2D eigenvalue weighted by Gasteiger charge is -2.31. The van der Waals surface area contributed by atoms with Crippen LogP contribution in [-0.2, 0) is 17.9 Å². The molecule has 6 rings (SSSR count). The third kappa shape index (κ3) is 5.79. The zero-order valence-electron chi connectivity index (χ0n) is 21.0. The van der Waals surface area contributed by atoms with Gasteiger partial charge < -0.3 is 15.0 Å². The Bertz CT molecular complexity index is 1550. The van der Waals surface area contributed by atoms with Gasteiger partial charge in [-0.3, -0.25) is 0 Å². The number of amides is 1. The molecule has 198 valence electrons. The number of nitrogens with zero attached hydrogens (tertiary/aromatic N) is 6. The number of hydrogen-bond donors (Lipinski definition) is 1. The van der Waals surface area contributed by atoms with Gasteiger partial charge in [-0.05, 0) is 51.4 Å². The number of carbonyl (C=O) groups excluding carboxylic acids is 1. The average Bonchev–Trinajstić information content (AvgIpc) is 3.66. The molecule has 0 spiro atoms. The van der Waals surface area contributed by atoms with Crippen molar-refractivity contribution < 1.29 is 9.53 Å². The Labute approximate surface area is 238 Å². The van der Waals surface area contributed by atoms with Gasteiger partial charge >= 0.3 is 6.09 Å². The SMILES string of the molecule is O=C(OCc1ccccc1)N1CCC(c2cc(NCc3ccc(-c4csnn4)cc3)n3ncc(Br)c3n2)CC1. The van der Waals surface area contributed by atoms with Crippen molar-refractivity contribution in [2.75, 3.05) is 18.4 Å². The number of carbonyl (C=O) groups is 1.